The molecule has 4 nitrogen and oxygen atoms in total. The maximum absolute atomic E-state index is 11.2. The molecule has 3 saturated carbocycles. The number of ether oxygens (including phenoxy) is 2. The number of aliphatic hydroxyl groups excluding tert-OH is 2. The Labute approximate surface area is 150 Å². The molecule has 4 aliphatic carbocycles. The molecule has 4 heteroatoms. The van der Waals surface area contributed by atoms with Gasteiger partial charge in [-0.2, -0.15) is 0 Å². The summed E-state index contributed by atoms with van der Waals surface area (Å²) in [4.78, 5) is 0. The molecule has 5 aliphatic rings. The van der Waals surface area contributed by atoms with Gasteiger partial charge in [-0.1, -0.05) is 25.5 Å². The van der Waals surface area contributed by atoms with Crippen molar-refractivity contribution in [2.24, 2.45) is 34.5 Å². The molecule has 0 amide bonds. The van der Waals surface area contributed by atoms with Gasteiger partial charge in [-0.25, -0.2) is 0 Å². The minimum Gasteiger partial charge on any atom is -0.393 e. The molecule has 0 aromatic carbocycles. The summed E-state index contributed by atoms with van der Waals surface area (Å²) >= 11 is 0. The van der Waals surface area contributed by atoms with E-state index in [1.165, 1.54) is 5.57 Å². The van der Waals surface area contributed by atoms with Gasteiger partial charge >= 0.3 is 0 Å². The largest absolute Gasteiger partial charge is 0.393 e. The summed E-state index contributed by atoms with van der Waals surface area (Å²) in [5, 5.41) is 21.6. The van der Waals surface area contributed by atoms with Crippen molar-refractivity contribution in [2.75, 3.05) is 13.2 Å². The highest BCUT2D eigenvalue weighted by Crippen LogP contribution is 2.74. The monoisotopic (exact) mass is 348 g/mol. The minimum absolute atomic E-state index is 0.137. The lowest BCUT2D eigenvalue weighted by Crippen LogP contribution is -2.57. The third-order valence-corrected chi connectivity index (χ3v) is 9.07. The fraction of sp³-hybridized carbons (Fsp3) is 0.905. The molecular formula is C21H32O4. The fourth-order valence-corrected chi connectivity index (χ4v) is 8.13. The van der Waals surface area contributed by atoms with Crippen LogP contribution in [0, 0.1) is 34.5 Å². The van der Waals surface area contributed by atoms with Gasteiger partial charge in [-0.15, -0.1) is 0 Å². The second kappa shape index (κ2) is 5.09. The summed E-state index contributed by atoms with van der Waals surface area (Å²) in [5.41, 5.74) is 1.26. The van der Waals surface area contributed by atoms with Crippen LogP contribution in [0.3, 0.4) is 0 Å². The molecule has 1 aliphatic heterocycles. The fourth-order valence-electron chi connectivity index (χ4n) is 8.13. The summed E-state index contributed by atoms with van der Waals surface area (Å²) in [6.07, 6.45) is 6.44. The van der Waals surface area contributed by atoms with Crippen molar-refractivity contribution < 1.29 is 19.7 Å². The lowest BCUT2D eigenvalue weighted by Gasteiger charge is -2.60. The summed E-state index contributed by atoms with van der Waals surface area (Å²) in [7, 11) is 0. The van der Waals surface area contributed by atoms with Gasteiger partial charge in [-0.3, -0.25) is 0 Å². The van der Waals surface area contributed by atoms with Crippen LogP contribution in [-0.4, -0.2) is 41.4 Å². The second-order valence-corrected chi connectivity index (χ2v) is 9.78. The van der Waals surface area contributed by atoms with Crippen LogP contribution >= 0.6 is 0 Å². The number of fused-ring (bicyclic) bond motifs is 3. The highest BCUT2D eigenvalue weighted by molar-refractivity contribution is 5.34. The van der Waals surface area contributed by atoms with Crippen LogP contribution in [0.5, 0.6) is 0 Å². The van der Waals surface area contributed by atoms with Crippen LogP contribution < -0.4 is 0 Å². The molecule has 0 bridgehead atoms. The normalized spacial score (nSPS) is 56.4. The molecule has 25 heavy (non-hydrogen) atoms. The quantitative estimate of drug-likeness (QED) is 0.661. The summed E-state index contributed by atoms with van der Waals surface area (Å²) in [6, 6.07) is 0. The van der Waals surface area contributed by atoms with E-state index in [1.807, 2.05) is 0 Å². The lowest BCUT2D eigenvalue weighted by atomic mass is 9.45. The lowest BCUT2D eigenvalue weighted by molar-refractivity contribution is -0.187. The van der Waals surface area contributed by atoms with E-state index in [4.69, 9.17) is 9.47 Å². The van der Waals surface area contributed by atoms with E-state index in [1.54, 1.807) is 0 Å². The van der Waals surface area contributed by atoms with Gasteiger partial charge in [0.2, 0.25) is 0 Å². The molecule has 2 N–H and O–H groups in total. The van der Waals surface area contributed by atoms with Crippen molar-refractivity contribution in [1.82, 2.24) is 0 Å². The molecule has 1 heterocycles. The average molecular weight is 348 g/mol. The van der Waals surface area contributed by atoms with E-state index in [-0.39, 0.29) is 22.9 Å². The van der Waals surface area contributed by atoms with E-state index in [0.29, 0.717) is 31.0 Å². The van der Waals surface area contributed by atoms with Crippen molar-refractivity contribution in [2.45, 2.75) is 70.9 Å². The van der Waals surface area contributed by atoms with Gasteiger partial charge in [0.15, 0.2) is 5.79 Å². The summed E-state index contributed by atoms with van der Waals surface area (Å²) in [6.45, 7) is 8.14. The molecule has 2 spiro atoms. The SMILES string of the molecule is CC1=C[C@@H](O)[C@]23CC[C@@H]4[C@@H](C)[C@@H](O)CC[C@@]4(C)[C@@H]2CC2(OCCO2)[C@H]13. The molecule has 0 radical (unpaired) electrons. The third kappa shape index (κ3) is 1.82. The van der Waals surface area contributed by atoms with Crippen LogP contribution in [0.2, 0.25) is 0 Å². The molecule has 140 valence electrons. The first-order valence-corrected chi connectivity index (χ1v) is 10.2. The Balaban J connectivity index is 1.62. The Bertz CT molecular complexity index is 609. The van der Waals surface area contributed by atoms with Crippen molar-refractivity contribution in [3.63, 3.8) is 0 Å². The molecule has 8 atom stereocenters. The van der Waals surface area contributed by atoms with E-state index in [9.17, 15) is 10.2 Å². The zero-order chi connectivity index (χ0) is 17.6. The number of rotatable bonds is 0. The first kappa shape index (κ1) is 16.7. The summed E-state index contributed by atoms with van der Waals surface area (Å²) in [5.74, 6) is 0.907. The number of aliphatic hydroxyl groups is 2. The molecular weight excluding hydrogens is 316 g/mol. The van der Waals surface area contributed by atoms with Gasteiger partial charge in [0.05, 0.1) is 25.4 Å². The highest BCUT2D eigenvalue weighted by atomic mass is 16.7. The Hall–Kier alpha value is -0.420. The zero-order valence-electron chi connectivity index (χ0n) is 15.7. The minimum atomic E-state index is -0.528. The van der Waals surface area contributed by atoms with Crippen LogP contribution in [0.1, 0.15) is 52.9 Å². The Morgan fingerprint density at radius 3 is 2.56 bits per heavy atom. The summed E-state index contributed by atoms with van der Waals surface area (Å²) < 4.78 is 12.5. The van der Waals surface area contributed by atoms with Crippen molar-refractivity contribution in [1.29, 1.82) is 0 Å². The van der Waals surface area contributed by atoms with Gasteiger partial charge in [0.1, 0.15) is 0 Å². The molecule has 0 unspecified atom stereocenters. The maximum Gasteiger partial charge on any atom is 0.175 e. The first-order chi connectivity index (χ1) is 11.9. The van der Waals surface area contributed by atoms with Crippen LogP contribution in [0.25, 0.3) is 0 Å². The zero-order valence-corrected chi connectivity index (χ0v) is 15.7. The molecule has 1 saturated heterocycles. The molecule has 0 aromatic heterocycles. The highest BCUT2D eigenvalue weighted by Gasteiger charge is 2.75. The average Bonchev–Trinajstić information content (AvgIpc) is 3.21. The van der Waals surface area contributed by atoms with Crippen molar-refractivity contribution >= 4 is 0 Å². The topological polar surface area (TPSA) is 58.9 Å². The molecule has 0 aromatic rings. The number of hydrogen-bond acceptors (Lipinski definition) is 4. The van der Waals surface area contributed by atoms with E-state index in [2.05, 4.69) is 26.8 Å². The van der Waals surface area contributed by atoms with Gasteiger partial charge in [0, 0.05) is 17.8 Å². The van der Waals surface area contributed by atoms with Gasteiger partial charge in [0.25, 0.3) is 0 Å². The standard InChI is InChI=1S/C21H32O4/c1-12-10-17(23)20-7-4-14-13(2)15(22)5-6-19(14,3)16(20)11-21(18(12)20)24-8-9-25-21/h10,13-18,22-23H,4-9,11H2,1-3H3/t13-,14-,15+,16+,17-,18-,19-,20+/m1/s1. The first-order valence-electron chi connectivity index (χ1n) is 10.2. The van der Waals surface area contributed by atoms with Crippen molar-refractivity contribution in [3.8, 4) is 0 Å². The Kier molecular flexibility index (Phi) is 3.41. The van der Waals surface area contributed by atoms with Gasteiger partial charge < -0.3 is 19.7 Å². The van der Waals surface area contributed by atoms with Gasteiger partial charge in [-0.05, 0) is 55.8 Å². The van der Waals surface area contributed by atoms with Crippen LogP contribution in [0.4, 0.5) is 0 Å². The Morgan fingerprint density at radius 2 is 1.84 bits per heavy atom. The predicted octanol–water partition coefficient (Wildman–Crippen LogP) is 2.88. The number of hydrogen-bond donors (Lipinski definition) is 2. The van der Waals surface area contributed by atoms with E-state index in [0.717, 1.165) is 32.1 Å². The maximum atomic E-state index is 11.2. The predicted molar refractivity (Wildman–Crippen MR) is 93.7 cm³/mol. The molecule has 5 rings (SSSR count). The van der Waals surface area contributed by atoms with E-state index >= 15 is 0 Å². The van der Waals surface area contributed by atoms with Crippen LogP contribution in [0.15, 0.2) is 11.6 Å². The van der Waals surface area contributed by atoms with Crippen molar-refractivity contribution in [3.05, 3.63) is 11.6 Å². The van der Waals surface area contributed by atoms with E-state index < -0.39 is 11.9 Å². The third-order valence-electron chi connectivity index (χ3n) is 9.07. The molecule has 4 fully saturated rings. The van der Waals surface area contributed by atoms with Crippen LogP contribution in [-0.2, 0) is 9.47 Å². The smallest absolute Gasteiger partial charge is 0.175 e. The second-order valence-electron chi connectivity index (χ2n) is 9.78. The Morgan fingerprint density at radius 1 is 1.12 bits per heavy atom.